The molecule has 2 aromatic rings. The number of aryl methyl sites for hydroxylation is 1. The van der Waals surface area contributed by atoms with Crippen LogP contribution in [0.25, 0.3) is 0 Å². The summed E-state index contributed by atoms with van der Waals surface area (Å²) in [5.74, 6) is 0.648. The molecule has 0 spiro atoms. The fourth-order valence-electron chi connectivity index (χ4n) is 2.33. The molecule has 2 rings (SSSR count). The van der Waals surface area contributed by atoms with Crippen LogP contribution in [0.3, 0.4) is 0 Å². The highest BCUT2D eigenvalue weighted by Gasteiger charge is 2.11. The van der Waals surface area contributed by atoms with E-state index in [4.69, 9.17) is 4.74 Å². The molecular formula is C18H24N4O2. The van der Waals surface area contributed by atoms with E-state index in [1.54, 1.807) is 7.11 Å². The summed E-state index contributed by atoms with van der Waals surface area (Å²) in [6.07, 6.45) is 3.04. The van der Waals surface area contributed by atoms with E-state index in [9.17, 15) is 4.79 Å². The van der Waals surface area contributed by atoms with Crippen molar-refractivity contribution in [3.8, 4) is 0 Å². The lowest BCUT2D eigenvalue weighted by Crippen LogP contribution is -2.27. The van der Waals surface area contributed by atoms with E-state index >= 15 is 0 Å². The number of anilines is 2. The summed E-state index contributed by atoms with van der Waals surface area (Å²) in [5, 5.41) is 6.00. The van der Waals surface area contributed by atoms with Gasteiger partial charge in [-0.2, -0.15) is 0 Å². The SMILES string of the molecule is COCCNC(=O)c1cnc(Nc2c(C)cccc2C(C)C)nc1. The predicted molar refractivity (Wildman–Crippen MR) is 94.8 cm³/mol. The number of rotatable bonds is 7. The molecule has 0 aliphatic rings. The van der Waals surface area contributed by atoms with Crippen molar-refractivity contribution in [2.75, 3.05) is 25.6 Å². The normalized spacial score (nSPS) is 10.7. The third-order valence-electron chi connectivity index (χ3n) is 3.67. The average molecular weight is 328 g/mol. The highest BCUT2D eigenvalue weighted by atomic mass is 16.5. The molecule has 0 saturated carbocycles. The lowest BCUT2D eigenvalue weighted by Gasteiger charge is -2.16. The average Bonchev–Trinajstić information content (AvgIpc) is 2.57. The van der Waals surface area contributed by atoms with Gasteiger partial charge in [-0.1, -0.05) is 32.0 Å². The van der Waals surface area contributed by atoms with E-state index in [2.05, 4.69) is 40.5 Å². The highest BCUT2D eigenvalue weighted by Crippen LogP contribution is 2.29. The number of nitrogens with one attached hydrogen (secondary N) is 2. The molecule has 0 unspecified atom stereocenters. The van der Waals surface area contributed by atoms with Crippen LogP contribution in [0, 0.1) is 6.92 Å². The molecule has 0 radical (unpaired) electrons. The fourth-order valence-corrected chi connectivity index (χ4v) is 2.33. The quantitative estimate of drug-likeness (QED) is 0.764. The van der Waals surface area contributed by atoms with E-state index in [0.29, 0.717) is 30.6 Å². The van der Waals surface area contributed by atoms with Crippen molar-refractivity contribution in [2.24, 2.45) is 0 Å². The third-order valence-corrected chi connectivity index (χ3v) is 3.67. The maximum Gasteiger partial charge on any atom is 0.254 e. The van der Waals surface area contributed by atoms with Gasteiger partial charge < -0.3 is 15.4 Å². The van der Waals surface area contributed by atoms with Crippen molar-refractivity contribution >= 4 is 17.5 Å². The molecule has 1 aromatic carbocycles. The fraction of sp³-hybridized carbons (Fsp3) is 0.389. The maximum absolute atomic E-state index is 11.9. The van der Waals surface area contributed by atoms with Crippen LogP contribution >= 0.6 is 0 Å². The number of hydrogen-bond acceptors (Lipinski definition) is 5. The number of benzene rings is 1. The van der Waals surface area contributed by atoms with Gasteiger partial charge in [0.2, 0.25) is 5.95 Å². The Labute approximate surface area is 142 Å². The third kappa shape index (κ3) is 4.52. The topological polar surface area (TPSA) is 76.1 Å². The monoisotopic (exact) mass is 328 g/mol. The second-order valence-electron chi connectivity index (χ2n) is 5.86. The molecule has 1 amide bonds. The summed E-state index contributed by atoms with van der Waals surface area (Å²) >= 11 is 0. The standard InChI is InChI=1S/C18H24N4O2/c1-12(2)15-7-5-6-13(3)16(15)22-18-20-10-14(11-21-18)17(23)19-8-9-24-4/h5-7,10-12H,8-9H2,1-4H3,(H,19,23)(H,20,21,22). The van der Waals surface area contributed by atoms with Crippen LogP contribution in [-0.2, 0) is 4.74 Å². The zero-order valence-electron chi connectivity index (χ0n) is 14.6. The minimum atomic E-state index is -0.211. The largest absolute Gasteiger partial charge is 0.383 e. The van der Waals surface area contributed by atoms with Crippen LogP contribution < -0.4 is 10.6 Å². The smallest absolute Gasteiger partial charge is 0.254 e. The van der Waals surface area contributed by atoms with Gasteiger partial charge in [0.05, 0.1) is 12.2 Å². The number of ether oxygens (including phenoxy) is 1. The zero-order valence-corrected chi connectivity index (χ0v) is 14.6. The van der Waals surface area contributed by atoms with E-state index in [-0.39, 0.29) is 5.91 Å². The van der Waals surface area contributed by atoms with Crippen LogP contribution in [0.2, 0.25) is 0 Å². The van der Waals surface area contributed by atoms with Crippen LogP contribution in [0.5, 0.6) is 0 Å². The van der Waals surface area contributed by atoms with E-state index in [0.717, 1.165) is 11.3 Å². The van der Waals surface area contributed by atoms with Crippen molar-refractivity contribution in [1.29, 1.82) is 0 Å². The number of aromatic nitrogens is 2. The lowest BCUT2D eigenvalue weighted by atomic mass is 9.98. The number of para-hydroxylation sites is 1. The number of hydrogen-bond donors (Lipinski definition) is 2. The van der Waals surface area contributed by atoms with Crippen LogP contribution in [0.1, 0.15) is 41.3 Å². The molecule has 0 fully saturated rings. The molecule has 1 heterocycles. The molecule has 6 heteroatoms. The lowest BCUT2D eigenvalue weighted by molar-refractivity contribution is 0.0936. The second-order valence-corrected chi connectivity index (χ2v) is 5.86. The maximum atomic E-state index is 11.9. The Morgan fingerprint density at radius 1 is 1.25 bits per heavy atom. The first kappa shape index (κ1) is 17.9. The number of amides is 1. The minimum absolute atomic E-state index is 0.211. The van der Waals surface area contributed by atoms with Crippen molar-refractivity contribution in [1.82, 2.24) is 15.3 Å². The summed E-state index contributed by atoms with van der Waals surface area (Å²) in [6.45, 7) is 7.27. The molecule has 128 valence electrons. The van der Waals surface area contributed by atoms with Gasteiger partial charge in [0, 0.05) is 31.7 Å². The second kappa shape index (κ2) is 8.40. The Hall–Kier alpha value is -2.47. The number of carbonyl (C=O) groups excluding carboxylic acids is 1. The Bertz CT molecular complexity index is 684. The molecule has 0 aliphatic carbocycles. The van der Waals surface area contributed by atoms with Crippen molar-refractivity contribution in [3.05, 3.63) is 47.3 Å². The Kier molecular flexibility index (Phi) is 6.26. The first-order chi connectivity index (χ1) is 11.5. The van der Waals surface area contributed by atoms with E-state index < -0.39 is 0 Å². The van der Waals surface area contributed by atoms with Gasteiger partial charge in [-0.05, 0) is 24.0 Å². The van der Waals surface area contributed by atoms with Crippen LogP contribution in [0.4, 0.5) is 11.6 Å². The Balaban J connectivity index is 2.11. The highest BCUT2D eigenvalue weighted by molar-refractivity contribution is 5.93. The van der Waals surface area contributed by atoms with E-state index in [1.807, 2.05) is 19.1 Å². The molecule has 2 N–H and O–H groups in total. The number of nitrogens with zero attached hydrogens (tertiary/aromatic N) is 2. The van der Waals surface area contributed by atoms with Gasteiger partial charge in [0.15, 0.2) is 0 Å². The molecule has 0 saturated heterocycles. The van der Waals surface area contributed by atoms with Gasteiger partial charge in [-0.3, -0.25) is 4.79 Å². The molecular weight excluding hydrogens is 304 g/mol. The van der Waals surface area contributed by atoms with Gasteiger partial charge in [0.1, 0.15) is 0 Å². The molecule has 0 atom stereocenters. The Morgan fingerprint density at radius 2 is 1.96 bits per heavy atom. The number of methoxy groups -OCH3 is 1. The van der Waals surface area contributed by atoms with Crippen LogP contribution in [-0.4, -0.2) is 36.1 Å². The summed E-state index contributed by atoms with van der Waals surface area (Å²) in [5.41, 5.74) is 3.78. The molecule has 0 bridgehead atoms. The van der Waals surface area contributed by atoms with E-state index in [1.165, 1.54) is 18.0 Å². The molecule has 1 aromatic heterocycles. The minimum Gasteiger partial charge on any atom is -0.383 e. The molecule has 6 nitrogen and oxygen atoms in total. The van der Waals surface area contributed by atoms with Gasteiger partial charge in [-0.15, -0.1) is 0 Å². The summed E-state index contributed by atoms with van der Waals surface area (Å²) in [7, 11) is 1.59. The van der Waals surface area contributed by atoms with Crippen molar-refractivity contribution in [3.63, 3.8) is 0 Å². The first-order valence-electron chi connectivity index (χ1n) is 7.98. The van der Waals surface area contributed by atoms with Crippen molar-refractivity contribution < 1.29 is 9.53 Å². The molecule has 0 aliphatic heterocycles. The van der Waals surface area contributed by atoms with Gasteiger partial charge >= 0.3 is 0 Å². The number of carbonyl (C=O) groups is 1. The summed E-state index contributed by atoms with van der Waals surface area (Å²) in [6, 6.07) is 6.19. The molecule has 24 heavy (non-hydrogen) atoms. The predicted octanol–water partition coefficient (Wildman–Crippen LogP) is 3.03. The summed E-state index contributed by atoms with van der Waals surface area (Å²) < 4.78 is 4.90. The van der Waals surface area contributed by atoms with Crippen molar-refractivity contribution in [2.45, 2.75) is 26.7 Å². The van der Waals surface area contributed by atoms with Gasteiger partial charge in [0.25, 0.3) is 5.91 Å². The Morgan fingerprint density at radius 3 is 2.58 bits per heavy atom. The zero-order chi connectivity index (χ0) is 17.5. The van der Waals surface area contributed by atoms with Crippen LogP contribution in [0.15, 0.2) is 30.6 Å². The first-order valence-corrected chi connectivity index (χ1v) is 7.98. The van der Waals surface area contributed by atoms with Gasteiger partial charge in [-0.25, -0.2) is 9.97 Å². The summed E-state index contributed by atoms with van der Waals surface area (Å²) in [4.78, 5) is 20.4.